The quantitative estimate of drug-likeness (QED) is 0.855. The summed E-state index contributed by atoms with van der Waals surface area (Å²) in [7, 11) is 1.87. The van der Waals surface area contributed by atoms with E-state index in [0.29, 0.717) is 12.5 Å². The number of halogens is 1. The van der Waals surface area contributed by atoms with Crippen LogP contribution in [0.15, 0.2) is 41.0 Å². The Hall–Kier alpha value is -1.29. The monoisotopic (exact) mass is 266 g/mol. The fraction of sp³-hybridized carbons (Fsp3) is 0.182. The minimum atomic E-state index is 0.538. The van der Waals surface area contributed by atoms with Crippen molar-refractivity contribution in [1.82, 2.24) is 9.78 Å². The van der Waals surface area contributed by atoms with Crippen molar-refractivity contribution < 1.29 is 4.74 Å². The Bertz CT molecular complexity index is 453. The molecule has 78 valence electrons. The lowest BCUT2D eigenvalue weighted by Gasteiger charge is -2.02. The van der Waals surface area contributed by atoms with Gasteiger partial charge in [-0.25, -0.2) is 0 Å². The summed E-state index contributed by atoms with van der Waals surface area (Å²) in [5.41, 5.74) is 1.12. The number of aromatic nitrogens is 2. The zero-order chi connectivity index (χ0) is 10.7. The van der Waals surface area contributed by atoms with Crippen molar-refractivity contribution in [2.45, 2.75) is 6.61 Å². The van der Waals surface area contributed by atoms with Crippen molar-refractivity contribution >= 4 is 15.9 Å². The summed E-state index contributed by atoms with van der Waals surface area (Å²) >= 11 is 3.42. The number of nitrogens with zero attached hydrogens (tertiary/aromatic N) is 2. The van der Waals surface area contributed by atoms with Crippen molar-refractivity contribution in [3.8, 4) is 5.88 Å². The summed E-state index contributed by atoms with van der Waals surface area (Å²) in [6, 6.07) is 9.88. The van der Waals surface area contributed by atoms with Gasteiger partial charge in [0.15, 0.2) is 0 Å². The topological polar surface area (TPSA) is 27.1 Å². The lowest BCUT2D eigenvalue weighted by Crippen LogP contribution is -1.96. The molecule has 0 unspecified atom stereocenters. The number of hydrogen-bond donors (Lipinski definition) is 0. The fourth-order valence-corrected chi connectivity index (χ4v) is 1.70. The van der Waals surface area contributed by atoms with Gasteiger partial charge in [-0.1, -0.05) is 28.1 Å². The molecule has 15 heavy (non-hydrogen) atoms. The fourth-order valence-electron chi connectivity index (χ4n) is 1.25. The van der Waals surface area contributed by atoms with Gasteiger partial charge >= 0.3 is 0 Å². The molecule has 1 aromatic carbocycles. The molecule has 2 rings (SSSR count). The van der Waals surface area contributed by atoms with Gasteiger partial charge in [-0.15, -0.1) is 5.10 Å². The van der Waals surface area contributed by atoms with Gasteiger partial charge in [0, 0.05) is 23.8 Å². The van der Waals surface area contributed by atoms with Crippen molar-refractivity contribution in [2.24, 2.45) is 7.05 Å². The van der Waals surface area contributed by atoms with Crippen LogP contribution in [0.1, 0.15) is 5.56 Å². The minimum Gasteiger partial charge on any atom is -0.472 e. The molecule has 3 nitrogen and oxygen atoms in total. The molecule has 4 heteroatoms. The molecule has 0 spiro atoms. The molecular formula is C11H11BrN2O. The first-order valence-electron chi connectivity index (χ1n) is 4.61. The van der Waals surface area contributed by atoms with Crippen LogP contribution >= 0.6 is 15.9 Å². The van der Waals surface area contributed by atoms with Crippen molar-refractivity contribution in [3.05, 3.63) is 46.6 Å². The Morgan fingerprint density at radius 2 is 2.27 bits per heavy atom. The largest absolute Gasteiger partial charge is 0.472 e. The summed E-state index contributed by atoms with van der Waals surface area (Å²) in [6.45, 7) is 0.538. The number of rotatable bonds is 3. The van der Waals surface area contributed by atoms with Crippen molar-refractivity contribution in [2.75, 3.05) is 0 Å². The van der Waals surface area contributed by atoms with Crippen molar-refractivity contribution in [3.63, 3.8) is 0 Å². The molecule has 0 bridgehead atoms. The van der Waals surface area contributed by atoms with E-state index in [0.717, 1.165) is 10.0 Å². The molecule has 0 aliphatic heterocycles. The standard InChI is InChI=1S/C11H11BrN2O/c1-14-6-5-11(13-14)15-8-9-3-2-4-10(12)7-9/h2-7H,8H2,1H3. The summed E-state index contributed by atoms with van der Waals surface area (Å²) < 4.78 is 8.29. The van der Waals surface area contributed by atoms with Crippen molar-refractivity contribution in [1.29, 1.82) is 0 Å². The number of benzene rings is 1. The second-order valence-electron chi connectivity index (χ2n) is 3.25. The molecule has 0 radical (unpaired) electrons. The average molecular weight is 267 g/mol. The van der Waals surface area contributed by atoms with Gasteiger partial charge in [0.25, 0.3) is 0 Å². The maximum absolute atomic E-state index is 5.52. The molecule has 2 aromatic rings. The number of aryl methyl sites for hydroxylation is 1. The first-order valence-corrected chi connectivity index (χ1v) is 5.40. The maximum Gasteiger partial charge on any atom is 0.233 e. The first kappa shape index (κ1) is 10.2. The van der Waals surface area contributed by atoms with Gasteiger partial charge in [0.05, 0.1) is 0 Å². The first-order chi connectivity index (χ1) is 7.24. The van der Waals surface area contributed by atoms with Crippen LogP contribution in [-0.2, 0) is 13.7 Å². The lowest BCUT2D eigenvalue weighted by atomic mass is 10.2. The van der Waals surface area contributed by atoms with E-state index in [2.05, 4.69) is 21.0 Å². The Morgan fingerprint density at radius 3 is 2.93 bits per heavy atom. The zero-order valence-electron chi connectivity index (χ0n) is 8.35. The summed E-state index contributed by atoms with van der Waals surface area (Å²) in [6.07, 6.45) is 1.86. The van der Waals surface area contributed by atoms with Crippen LogP contribution in [0, 0.1) is 0 Å². The van der Waals surface area contributed by atoms with Gasteiger partial charge in [-0.3, -0.25) is 4.68 Å². The second kappa shape index (κ2) is 4.49. The van der Waals surface area contributed by atoms with E-state index < -0.39 is 0 Å². The van der Waals surface area contributed by atoms with E-state index in [9.17, 15) is 0 Å². The zero-order valence-corrected chi connectivity index (χ0v) is 9.94. The third-order valence-electron chi connectivity index (χ3n) is 1.96. The molecule has 0 saturated heterocycles. The molecule has 0 aliphatic carbocycles. The van der Waals surface area contributed by atoms with E-state index in [1.54, 1.807) is 4.68 Å². The molecular weight excluding hydrogens is 256 g/mol. The number of hydrogen-bond acceptors (Lipinski definition) is 2. The van der Waals surface area contributed by atoms with Gasteiger partial charge in [0.2, 0.25) is 5.88 Å². The highest BCUT2D eigenvalue weighted by Crippen LogP contribution is 2.13. The summed E-state index contributed by atoms with van der Waals surface area (Å²) in [4.78, 5) is 0. The highest BCUT2D eigenvalue weighted by molar-refractivity contribution is 9.10. The highest BCUT2D eigenvalue weighted by atomic mass is 79.9. The van der Waals surface area contributed by atoms with Gasteiger partial charge in [0.1, 0.15) is 6.61 Å². The van der Waals surface area contributed by atoms with Crippen LogP contribution in [0.5, 0.6) is 5.88 Å². The predicted octanol–water partition coefficient (Wildman–Crippen LogP) is 2.76. The van der Waals surface area contributed by atoms with Gasteiger partial charge in [-0.2, -0.15) is 0 Å². The van der Waals surface area contributed by atoms with Crippen LogP contribution in [0.4, 0.5) is 0 Å². The Labute approximate surface area is 96.8 Å². The molecule has 0 aliphatic rings. The Morgan fingerprint density at radius 1 is 1.40 bits per heavy atom. The predicted molar refractivity (Wildman–Crippen MR) is 61.7 cm³/mol. The minimum absolute atomic E-state index is 0.538. The molecule has 0 N–H and O–H groups in total. The smallest absolute Gasteiger partial charge is 0.233 e. The van der Waals surface area contributed by atoms with E-state index >= 15 is 0 Å². The van der Waals surface area contributed by atoms with E-state index in [-0.39, 0.29) is 0 Å². The van der Waals surface area contributed by atoms with Crippen LogP contribution < -0.4 is 4.74 Å². The lowest BCUT2D eigenvalue weighted by molar-refractivity contribution is 0.291. The molecule has 0 atom stereocenters. The van der Waals surface area contributed by atoms with Crippen LogP contribution in [0.3, 0.4) is 0 Å². The van der Waals surface area contributed by atoms with E-state index in [4.69, 9.17) is 4.74 Å². The third-order valence-corrected chi connectivity index (χ3v) is 2.46. The van der Waals surface area contributed by atoms with Crippen LogP contribution in [0.2, 0.25) is 0 Å². The van der Waals surface area contributed by atoms with Crippen LogP contribution in [-0.4, -0.2) is 9.78 Å². The van der Waals surface area contributed by atoms with Crippen LogP contribution in [0.25, 0.3) is 0 Å². The van der Waals surface area contributed by atoms with E-state index in [1.807, 2.05) is 43.6 Å². The SMILES string of the molecule is Cn1ccc(OCc2cccc(Br)c2)n1. The van der Waals surface area contributed by atoms with Gasteiger partial charge in [-0.05, 0) is 17.7 Å². The second-order valence-corrected chi connectivity index (χ2v) is 4.16. The van der Waals surface area contributed by atoms with E-state index in [1.165, 1.54) is 0 Å². The maximum atomic E-state index is 5.52. The summed E-state index contributed by atoms with van der Waals surface area (Å²) in [5, 5.41) is 4.13. The molecule has 0 saturated carbocycles. The Balaban J connectivity index is 1.99. The summed E-state index contributed by atoms with van der Waals surface area (Å²) in [5.74, 6) is 0.650. The molecule has 1 aromatic heterocycles. The molecule has 0 fully saturated rings. The molecule has 0 amide bonds. The normalized spacial score (nSPS) is 10.3. The Kier molecular flexibility index (Phi) is 3.06. The van der Waals surface area contributed by atoms with Gasteiger partial charge < -0.3 is 4.74 Å². The average Bonchev–Trinajstić information content (AvgIpc) is 2.62. The third kappa shape index (κ3) is 2.83. The highest BCUT2D eigenvalue weighted by Gasteiger charge is 1.98. The molecule has 1 heterocycles. The number of ether oxygens (including phenoxy) is 1.